The smallest absolute Gasteiger partial charge is 0.191 e. The van der Waals surface area contributed by atoms with Crippen LogP contribution in [0, 0.1) is 18.6 Å². The van der Waals surface area contributed by atoms with Gasteiger partial charge in [0.05, 0.1) is 11.6 Å². The molecule has 0 aliphatic rings. The summed E-state index contributed by atoms with van der Waals surface area (Å²) in [6.07, 6.45) is 2.66. The lowest BCUT2D eigenvalue weighted by molar-refractivity contribution is 0.318. The standard InChI is InChI=1S/C17H22F2N4OS.HI/c1-3-20-17(21-7-6-16-23-11-12(2)25-16)22-8-9-24-13-4-5-14(18)15(19)10-13;/h4-5,10-11H,3,6-9H2,1-2H3,(H2,20,21,22);1H. The fraction of sp³-hybridized carbons (Fsp3) is 0.412. The van der Waals surface area contributed by atoms with Crippen molar-refractivity contribution in [1.82, 2.24) is 15.6 Å². The van der Waals surface area contributed by atoms with Crippen LogP contribution < -0.4 is 15.4 Å². The van der Waals surface area contributed by atoms with Gasteiger partial charge in [0.15, 0.2) is 17.6 Å². The summed E-state index contributed by atoms with van der Waals surface area (Å²) in [5, 5.41) is 7.35. The van der Waals surface area contributed by atoms with E-state index in [9.17, 15) is 8.78 Å². The largest absolute Gasteiger partial charge is 0.492 e. The molecule has 0 radical (unpaired) electrons. The van der Waals surface area contributed by atoms with Gasteiger partial charge in [-0.15, -0.1) is 35.3 Å². The van der Waals surface area contributed by atoms with Gasteiger partial charge in [0.1, 0.15) is 12.4 Å². The van der Waals surface area contributed by atoms with Gasteiger partial charge in [0.25, 0.3) is 0 Å². The van der Waals surface area contributed by atoms with Crippen LogP contribution in [0.25, 0.3) is 0 Å². The lowest BCUT2D eigenvalue weighted by Crippen LogP contribution is -2.39. The van der Waals surface area contributed by atoms with E-state index < -0.39 is 11.6 Å². The second-order valence-electron chi connectivity index (χ2n) is 5.23. The van der Waals surface area contributed by atoms with Crippen molar-refractivity contribution in [2.75, 3.05) is 26.2 Å². The molecule has 5 nitrogen and oxygen atoms in total. The van der Waals surface area contributed by atoms with Crippen molar-refractivity contribution < 1.29 is 13.5 Å². The minimum Gasteiger partial charge on any atom is -0.492 e. The Morgan fingerprint density at radius 3 is 2.73 bits per heavy atom. The zero-order chi connectivity index (χ0) is 18.1. The molecule has 0 amide bonds. The molecule has 0 aliphatic carbocycles. The quantitative estimate of drug-likeness (QED) is 0.254. The number of rotatable bonds is 8. The molecule has 1 heterocycles. The molecule has 0 saturated heterocycles. The summed E-state index contributed by atoms with van der Waals surface area (Å²) in [6.45, 7) is 6.18. The normalized spacial score (nSPS) is 11.0. The van der Waals surface area contributed by atoms with E-state index in [-0.39, 0.29) is 24.0 Å². The van der Waals surface area contributed by atoms with E-state index in [1.807, 2.05) is 20.0 Å². The van der Waals surface area contributed by atoms with Gasteiger partial charge < -0.3 is 15.4 Å². The molecule has 2 aromatic rings. The second-order valence-corrected chi connectivity index (χ2v) is 6.55. The molecule has 1 aromatic heterocycles. The minimum atomic E-state index is -0.919. The van der Waals surface area contributed by atoms with Crippen LogP contribution in [0.15, 0.2) is 29.4 Å². The zero-order valence-corrected chi connectivity index (χ0v) is 17.9. The van der Waals surface area contributed by atoms with E-state index in [1.54, 1.807) is 11.3 Å². The molecule has 0 saturated carbocycles. The Bertz CT molecular complexity index is 712. The van der Waals surface area contributed by atoms with Gasteiger partial charge in [0, 0.05) is 36.7 Å². The Morgan fingerprint density at radius 2 is 2.08 bits per heavy atom. The summed E-state index contributed by atoms with van der Waals surface area (Å²) < 4.78 is 31.3. The number of hydrogen-bond donors (Lipinski definition) is 2. The van der Waals surface area contributed by atoms with Crippen LogP contribution in [0.4, 0.5) is 8.78 Å². The fourth-order valence-corrected chi connectivity index (χ4v) is 2.80. The number of guanidine groups is 1. The maximum absolute atomic E-state index is 13.1. The van der Waals surface area contributed by atoms with E-state index in [2.05, 4.69) is 20.6 Å². The number of thiazole rings is 1. The van der Waals surface area contributed by atoms with Crippen LogP contribution in [-0.4, -0.2) is 37.2 Å². The van der Waals surface area contributed by atoms with Gasteiger partial charge in [-0.05, 0) is 26.0 Å². The third-order valence-electron chi connectivity index (χ3n) is 3.16. The molecule has 1 aromatic carbocycles. The van der Waals surface area contributed by atoms with Gasteiger partial charge in [-0.25, -0.2) is 13.8 Å². The van der Waals surface area contributed by atoms with Crippen molar-refractivity contribution in [3.05, 3.63) is 45.9 Å². The third kappa shape index (κ3) is 7.81. The number of ether oxygens (including phenoxy) is 1. The number of nitrogens with one attached hydrogen (secondary N) is 2. The number of aromatic nitrogens is 1. The first-order valence-electron chi connectivity index (χ1n) is 8.10. The number of halogens is 3. The number of aryl methyl sites for hydroxylation is 1. The minimum absolute atomic E-state index is 0. The van der Waals surface area contributed by atoms with Gasteiger partial charge in [0.2, 0.25) is 0 Å². The van der Waals surface area contributed by atoms with Crippen molar-refractivity contribution >= 4 is 41.3 Å². The highest BCUT2D eigenvalue weighted by Crippen LogP contribution is 2.15. The topological polar surface area (TPSA) is 58.5 Å². The van der Waals surface area contributed by atoms with Crippen molar-refractivity contribution in [2.24, 2.45) is 4.99 Å². The zero-order valence-electron chi connectivity index (χ0n) is 14.7. The molecule has 0 bridgehead atoms. The Morgan fingerprint density at radius 1 is 1.27 bits per heavy atom. The lowest BCUT2D eigenvalue weighted by Gasteiger charge is -2.12. The predicted octanol–water partition coefficient (Wildman–Crippen LogP) is 3.52. The highest BCUT2D eigenvalue weighted by Gasteiger charge is 2.04. The molecule has 0 fully saturated rings. The molecular weight excluding hydrogens is 473 g/mol. The summed E-state index contributed by atoms with van der Waals surface area (Å²) in [6, 6.07) is 3.47. The molecule has 9 heteroatoms. The molecule has 26 heavy (non-hydrogen) atoms. The Balaban J connectivity index is 0.00000338. The number of hydrogen-bond acceptors (Lipinski definition) is 4. The Hall–Kier alpha value is -1.49. The highest BCUT2D eigenvalue weighted by molar-refractivity contribution is 14.0. The third-order valence-corrected chi connectivity index (χ3v) is 4.14. The van der Waals surface area contributed by atoms with Crippen molar-refractivity contribution in [3.8, 4) is 5.75 Å². The van der Waals surface area contributed by atoms with Gasteiger partial charge in [-0.2, -0.15) is 0 Å². The molecule has 144 valence electrons. The number of aliphatic imine (C=N–C) groups is 1. The summed E-state index contributed by atoms with van der Waals surface area (Å²) in [5.74, 6) is -0.827. The summed E-state index contributed by atoms with van der Waals surface area (Å²) in [7, 11) is 0. The molecule has 0 aliphatic heterocycles. The Labute approximate surface area is 173 Å². The van der Waals surface area contributed by atoms with E-state index in [0.29, 0.717) is 31.4 Å². The monoisotopic (exact) mass is 496 g/mol. The van der Waals surface area contributed by atoms with Crippen LogP contribution in [-0.2, 0) is 6.42 Å². The fourth-order valence-electron chi connectivity index (χ4n) is 2.03. The molecule has 2 N–H and O–H groups in total. The van der Waals surface area contributed by atoms with E-state index in [0.717, 1.165) is 30.1 Å². The SMILES string of the molecule is CCNC(=NCCc1ncc(C)s1)NCCOc1ccc(F)c(F)c1.I. The first-order chi connectivity index (χ1) is 12.1. The van der Waals surface area contributed by atoms with Crippen LogP contribution in [0.5, 0.6) is 5.75 Å². The Kier molecular flexibility index (Phi) is 10.4. The summed E-state index contributed by atoms with van der Waals surface area (Å²) in [5.41, 5.74) is 0. The van der Waals surface area contributed by atoms with Crippen LogP contribution >= 0.6 is 35.3 Å². The van der Waals surface area contributed by atoms with Gasteiger partial charge in [-0.3, -0.25) is 4.99 Å². The number of nitrogens with zero attached hydrogens (tertiary/aromatic N) is 2. The van der Waals surface area contributed by atoms with Crippen molar-refractivity contribution in [3.63, 3.8) is 0 Å². The summed E-state index contributed by atoms with van der Waals surface area (Å²) >= 11 is 1.68. The average molecular weight is 496 g/mol. The van der Waals surface area contributed by atoms with Crippen LogP contribution in [0.3, 0.4) is 0 Å². The van der Waals surface area contributed by atoms with E-state index in [4.69, 9.17) is 4.74 Å². The second kappa shape index (κ2) is 12.0. The molecular formula is C17H23F2IN4OS. The average Bonchev–Trinajstić information content (AvgIpc) is 3.00. The molecule has 0 atom stereocenters. The lowest BCUT2D eigenvalue weighted by atomic mass is 10.3. The van der Waals surface area contributed by atoms with Crippen molar-refractivity contribution in [1.29, 1.82) is 0 Å². The van der Waals surface area contributed by atoms with Crippen LogP contribution in [0.1, 0.15) is 16.8 Å². The first-order valence-corrected chi connectivity index (χ1v) is 8.91. The summed E-state index contributed by atoms with van der Waals surface area (Å²) in [4.78, 5) is 9.99. The number of benzene rings is 1. The van der Waals surface area contributed by atoms with Gasteiger partial charge >= 0.3 is 0 Å². The highest BCUT2D eigenvalue weighted by atomic mass is 127. The molecule has 0 spiro atoms. The van der Waals surface area contributed by atoms with Gasteiger partial charge in [-0.1, -0.05) is 0 Å². The maximum atomic E-state index is 13.1. The van der Waals surface area contributed by atoms with E-state index >= 15 is 0 Å². The van der Waals surface area contributed by atoms with Crippen LogP contribution in [0.2, 0.25) is 0 Å². The van der Waals surface area contributed by atoms with E-state index in [1.165, 1.54) is 10.9 Å². The predicted molar refractivity (Wildman–Crippen MR) is 112 cm³/mol. The first kappa shape index (κ1) is 22.6. The maximum Gasteiger partial charge on any atom is 0.191 e. The van der Waals surface area contributed by atoms with Crippen molar-refractivity contribution in [2.45, 2.75) is 20.3 Å². The molecule has 0 unspecified atom stereocenters. The molecule has 2 rings (SSSR count).